The highest BCUT2D eigenvalue weighted by atomic mass is 16.3. The second kappa shape index (κ2) is 5.15. The van der Waals surface area contributed by atoms with Crippen LogP contribution in [0.25, 0.3) is 0 Å². The van der Waals surface area contributed by atoms with Crippen LogP contribution < -0.4 is 0 Å². The van der Waals surface area contributed by atoms with Gasteiger partial charge in [-0.2, -0.15) is 5.10 Å². The summed E-state index contributed by atoms with van der Waals surface area (Å²) >= 11 is 0. The van der Waals surface area contributed by atoms with Gasteiger partial charge in [-0.3, -0.25) is 4.68 Å². The molecule has 0 fully saturated rings. The Kier molecular flexibility index (Phi) is 4.14. The highest BCUT2D eigenvalue weighted by Gasteiger charge is 2.11. The summed E-state index contributed by atoms with van der Waals surface area (Å²) in [5.74, 6) is 0.987. The van der Waals surface area contributed by atoms with Crippen LogP contribution in [0.5, 0.6) is 0 Å². The summed E-state index contributed by atoms with van der Waals surface area (Å²) in [6.45, 7) is 4.62. The maximum Gasteiger partial charge on any atom is 0.0628 e. The molecule has 3 heteroatoms. The molecule has 0 aromatic carbocycles. The van der Waals surface area contributed by atoms with E-state index in [1.807, 2.05) is 19.3 Å². The lowest BCUT2D eigenvalue weighted by Crippen LogP contribution is -2.13. The van der Waals surface area contributed by atoms with Crippen LogP contribution in [0, 0.1) is 11.8 Å². The van der Waals surface area contributed by atoms with Crippen LogP contribution in [-0.2, 0) is 13.5 Å². The average Bonchev–Trinajstić information content (AvgIpc) is 2.49. The van der Waals surface area contributed by atoms with E-state index in [2.05, 4.69) is 18.9 Å². The van der Waals surface area contributed by atoms with E-state index in [1.165, 1.54) is 0 Å². The number of rotatable bonds is 5. The maximum absolute atomic E-state index is 9.21. The van der Waals surface area contributed by atoms with Crippen molar-refractivity contribution in [3.8, 4) is 0 Å². The Morgan fingerprint density at radius 1 is 1.50 bits per heavy atom. The number of aliphatic hydroxyl groups is 1. The second-order valence-electron chi connectivity index (χ2n) is 4.36. The quantitative estimate of drug-likeness (QED) is 0.777. The molecule has 0 aliphatic heterocycles. The van der Waals surface area contributed by atoms with Gasteiger partial charge < -0.3 is 5.11 Å². The Balaban J connectivity index is 2.48. The molecule has 0 spiro atoms. The zero-order valence-corrected chi connectivity index (χ0v) is 9.27. The SMILES string of the molecule is CC(C)CC(CO)Cc1ccn(C)n1. The molecule has 0 bridgehead atoms. The number of aromatic nitrogens is 2. The van der Waals surface area contributed by atoms with Crippen LogP contribution in [0.15, 0.2) is 12.3 Å². The van der Waals surface area contributed by atoms with Gasteiger partial charge in [0.05, 0.1) is 5.69 Å². The molecular weight excluding hydrogens is 176 g/mol. The topological polar surface area (TPSA) is 38.0 Å². The molecular formula is C11H20N2O. The summed E-state index contributed by atoms with van der Waals surface area (Å²) in [5, 5.41) is 13.5. The van der Waals surface area contributed by atoms with Gasteiger partial charge in [0.2, 0.25) is 0 Å². The lowest BCUT2D eigenvalue weighted by Gasteiger charge is -2.14. The minimum absolute atomic E-state index is 0.259. The average molecular weight is 196 g/mol. The van der Waals surface area contributed by atoms with E-state index in [9.17, 15) is 5.11 Å². The van der Waals surface area contributed by atoms with Crippen LogP contribution in [-0.4, -0.2) is 21.5 Å². The van der Waals surface area contributed by atoms with Crippen molar-refractivity contribution in [2.24, 2.45) is 18.9 Å². The molecule has 1 unspecified atom stereocenters. The molecule has 3 nitrogen and oxygen atoms in total. The van der Waals surface area contributed by atoms with E-state index in [1.54, 1.807) is 4.68 Å². The summed E-state index contributed by atoms with van der Waals surface area (Å²) in [6, 6.07) is 2.02. The summed E-state index contributed by atoms with van der Waals surface area (Å²) in [4.78, 5) is 0. The molecule has 1 rings (SSSR count). The summed E-state index contributed by atoms with van der Waals surface area (Å²) in [7, 11) is 1.92. The minimum atomic E-state index is 0.259. The van der Waals surface area contributed by atoms with Crippen molar-refractivity contribution in [3.05, 3.63) is 18.0 Å². The third-order valence-electron chi connectivity index (χ3n) is 2.33. The highest BCUT2D eigenvalue weighted by molar-refractivity contribution is 4.99. The summed E-state index contributed by atoms with van der Waals surface area (Å²) < 4.78 is 1.80. The largest absolute Gasteiger partial charge is 0.396 e. The van der Waals surface area contributed by atoms with Gasteiger partial charge in [-0.25, -0.2) is 0 Å². The van der Waals surface area contributed by atoms with Gasteiger partial charge in [-0.1, -0.05) is 13.8 Å². The Hall–Kier alpha value is -0.830. The van der Waals surface area contributed by atoms with Crippen LogP contribution in [0.3, 0.4) is 0 Å². The number of hydrogen-bond donors (Lipinski definition) is 1. The van der Waals surface area contributed by atoms with Crippen molar-refractivity contribution in [2.75, 3.05) is 6.61 Å². The fraction of sp³-hybridized carbons (Fsp3) is 0.727. The predicted molar refractivity (Wildman–Crippen MR) is 56.9 cm³/mol. The fourth-order valence-electron chi connectivity index (χ4n) is 1.76. The maximum atomic E-state index is 9.21. The van der Waals surface area contributed by atoms with Crippen molar-refractivity contribution < 1.29 is 5.11 Å². The Morgan fingerprint density at radius 3 is 2.64 bits per heavy atom. The van der Waals surface area contributed by atoms with Crippen LogP contribution in [0.2, 0.25) is 0 Å². The van der Waals surface area contributed by atoms with Crippen LogP contribution in [0.4, 0.5) is 0 Å². The summed E-state index contributed by atoms with van der Waals surface area (Å²) in [6.07, 6.45) is 3.89. The smallest absolute Gasteiger partial charge is 0.0628 e. The lowest BCUT2D eigenvalue weighted by molar-refractivity contribution is 0.204. The zero-order valence-electron chi connectivity index (χ0n) is 9.27. The van der Waals surface area contributed by atoms with Gasteiger partial charge in [0.15, 0.2) is 0 Å². The molecule has 0 saturated heterocycles. The first kappa shape index (κ1) is 11.2. The lowest BCUT2D eigenvalue weighted by atomic mass is 9.94. The molecule has 0 saturated carbocycles. The van der Waals surface area contributed by atoms with Gasteiger partial charge >= 0.3 is 0 Å². The highest BCUT2D eigenvalue weighted by Crippen LogP contribution is 2.15. The fourth-order valence-corrected chi connectivity index (χ4v) is 1.76. The first-order valence-electron chi connectivity index (χ1n) is 5.21. The molecule has 14 heavy (non-hydrogen) atoms. The monoisotopic (exact) mass is 196 g/mol. The van der Waals surface area contributed by atoms with Crippen molar-refractivity contribution in [3.63, 3.8) is 0 Å². The molecule has 80 valence electrons. The van der Waals surface area contributed by atoms with Crippen molar-refractivity contribution in [1.82, 2.24) is 9.78 Å². The molecule has 1 aromatic rings. The molecule has 1 atom stereocenters. The first-order valence-corrected chi connectivity index (χ1v) is 5.21. The summed E-state index contributed by atoms with van der Waals surface area (Å²) in [5.41, 5.74) is 1.08. The van der Waals surface area contributed by atoms with E-state index < -0.39 is 0 Å². The predicted octanol–water partition coefficient (Wildman–Crippen LogP) is 1.62. The number of aryl methyl sites for hydroxylation is 1. The Labute approximate surface area is 85.8 Å². The van der Waals surface area contributed by atoms with E-state index in [-0.39, 0.29) is 6.61 Å². The molecule has 1 aromatic heterocycles. The van der Waals surface area contributed by atoms with Gasteiger partial charge in [0.25, 0.3) is 0 Å². The van der Waals surface area contributed by atoms with Crippen molar-refractivity contribution in [2.45, 2.75) is 26.7 Å². The van der Waals surface area contributed by atoms with Crippen LogP contribution >= 0.6 is 0 Å². The van der Waals surface area contributed by atoms with E-state index in [0.29, 0.717) is 11.8 Å². The standard InChI is InChI=1S/C11H20N2O/c1-9(2)6-10(8-14)7-11-4-5-13(3)12-11/h4-5,9-10,14H,6-8H2,1-3H3. The molecule has 0 amide bonds. The van der Waals surface area contributed by atoms with E-state index in [4.69, 9.17) is 0 Å². The van der Waals surface area contributed by atoms with Gasteiger partial charge in [-0.15, -0.1) is 0 Å². The number of hydrogen-bond acceptors (Lipinski definition) is 2. The molecule has 0 aliphatic rings. The minimum Gasteiger partial charge on any atom is -0.396 e. The van der Waals surface area contributed by atoms with Gasteiger partial charge in [0.1, 0.15) is 0 Å². The van der Waals surface area contributed by atoms with Crippen molar-refractivity contribution >= 4 is 0 Å². The third kappa shape index (κ3) is 3.50. The van der Waals surface area contributed by atoms with Gasteiger partial charge in [-0.05, 0) is 30.7 Å². The van der Waals surface area contributed by atoms with E-state index >= 15 is 0 Å². The van der Waals surface area contributed by atoms with Crippen LogP contribution in [0.1, 0.15) is 26.0 Å². The molecule has 0 radical (unpaired) electrons. The zero-order chi connectivity index (χ0) is 10.6. The molecule has 1 heterocycles. The molecule has 0 aliphatic carbocycles. The van der Waals surface area contributed by atoms with E-state index in [0.717, 1.165) is 18.5 Å². The van der Waals surface area contributed by atoms with Crippen molar-refractivity contribution in [1.29, 1.82) is 0 Å². The third-order valence-corrected chi connectivity index (χ3v) is 2.33. The Morgan fingerprint density at radius 2 is 2.21 bits per heavy atom. The van der Waals surface area contributed by atoms with Gasteiger partial charge in [0, 0.05) is 19.9 Å². The number of aliphatic hydroxyl groups excluding tert-OH is 1. The Bertz CT molecular complexity index is 268. The first-order chi connectivity index (χ1) is 6.61. The normalized spacial score (nSPS) is 13.5. The molecule has 1 N–H and O–H groups in total. The second-order valence-corrected chi connectivity index (χ2v) is 4.36. The number of nitrogens with zero attached hydrogens (tertiary/aromatic N) is 2.